The Hall–Kier alpha value is -0.810. The van der Waals surface area contributed by atoms with E-state index in [1.54, 1.807) is 0 Å². The van der Waals surface area contributed by atoms with E-state index in [1.807, 2.05) is 12.1 Å². The fourth-order valence-corrected chi connectivity index (χ4v) is 2.67. The van der Waals surface area contributed by atoms with Gasteiger partial charge in [-0.05, 0) is 54.3 Å². The molecule has 1 heterocycles. The molecule has 1 atom stereocenters. The molecule has 0 amide bonds. The first-order valence-corrected chi connectivity index (χ1v) is 7.35. The molecule has 0 aliphatic heterocycles. The van der Waals surface area contributed by atoms with Crippen LogP contribution in [0.1, 0.15) is 19.6 Å². The number of hydrogen-bond acceptors (Lipinski definition) is 2. The van der Waals surface area contributed by atoms with Crippen LogP contribution in [0.4, 0.5) is 0 Å². The quantitative estimate of drug-likeness (QED) is 0.818. The lowest BCUT2D eigenvalue weighted by Gasteiger charge is -2.09. The van der Waals surface area contributed by atoms with Gasteiger partial charge in [0, 0.05) is 21.6 Å². The molecule has 0 bridgehead atoms. The molecule has 96 valence electrons. The molecule has 0 saturated carbocycles. The van der Waals surface area contributed by atoms with Crippen molar-refractivity contribution in [3.05, 3.63) is 45.7 Å². The van der Waals surface area contributed by atoms with Crippen LogP contribution in [0.3, 0.4) is 0 Å². The summed E-state index contributed by atoms with van der Waals surface area (Å²) >= 11 is 2.34. The van der Waals surface area contributed by atoms with Crippen molar-refractivity contribution in [1.29, 1.82) is 0 Å². The zero-order valence-corrected chi connectivity index (χ0v) is 12.9. The number of nitrogens with one attached hydrogen (secondary N) is 1. The van der Waals surface area contributed by atoms with Crippen LogP contribution in [0.5, 0.6) is 0 Å². The minimum atomic E-state index is 0.448. The predicted octanol–water partition coefficient (Wildman–Crippen LogP) is 4.09. The van der Waals surface area contributed by atoms with E-state index < -0.39 is 0 Å². The van der Waals surface area contributed by atoms with Crippen molar-refractivity contribution in [2.45, 2.75) is 26.3 Å². The third-order valence-electron chi connectivity index (χ3n) is 2.86. The van der Waals surface area contributed by atoms with Crippen molar-refractivity contribution in [2.75, 3.05) is 6.54 Å². The average Bonchev–Trinajstić information content (AvgIpc) is 2.78. The summed E-state index contributed by atoms with van der Waals surface area (Å²) in [6, 6.07) is 12.9. The summed E-state index contributed by atoms with van der Waals surface area (Å²) in [7, 11) is 0. The van der Waals surface area contributed by atoms with Crippen molar-refractivity contribution in [3.8, 4) is 11.3 Å². The third-order valence-corrected chi connectivity index (χ3v) is 3.80. The van der Waals surface area contributed by atoms with Crippen LogP contribution in [0.2, 0.25) is 0 Å². The summed E-state index contributed by atoms with van der Waals surface area (Å²) in [5, 5.41) is 3.39. The van der Waals surface area contributed by atoms with Crippen LogP contribution in [-0.2, 0) is 6.42 Å². The molecule has 2 nitrogen and oxygen atoms in total. The maximum absolute atomic E-state index is 5.92. The van der Waals surface area contributed by atoms with Gasteiger partial charge >= 0.3 is 0 Å². The van der Waals surface area contributed by atoms with Crippen LogP contribution in [0, 0.1) is 3.57 Å². The summed E-state index contributed by atoms with van der Waals surface area (Å²) in [4.78, 5) is 0. The average molecular weight is 355 g/mol. The van der Waals surface area contributed by atoms with Crippen LogP contribution >= 0.6 is 22.6 Å². The summed E-state index contributed by atoms with van der Waals surface area (Å²) < 4.78 is 7.14. The van der Waals surface area contributed by atoms with Gasteiger partial charge in [0.2, 0.25) is 0 Å². The van der Waals surface area contributed by atoms with E-state index in [9.17, 15) is 0 Å². The SMILES string of the molecule is CCNC(C)Cc1ccc(-c2ccccc2I)o1. The van der Waals surface area contributed by atoms with E-state index in [0.717, 1.165) is 24.5 Å². The summed E-state index contributed by atoms with van der Waals surface area (Å²) in [6.07, 6.45) is 0.928. The van der Waals surface area contributed by atoms with Gasteiger partial charge in [0.25, 0.3) is 0 Å². The minimum absolute atomic E-state index is 0.448. The molecular weight excluding hydrogens is 337 g/mol. The van der Waals surface area contributed by atoms with Gasteiger partial charge in [-0.2, -0.15) is 0 Å². The van der Waals surface area contributed by atoms with Gasteiger partial charge in [0.15, 0.2) is 0 Å². The van der Waals surface area contributed by atoms with Gasteiger partial charge in [0.1, 0.15) is 11.5 Å². The molecule has 18 heavy (non-hydrogen) atoms. The van der Waals surface area contributed by atoms with E-state index in [0.29, 0.717) is 6.04 Å². The van der Waals surface area contributed by atoms with Crippen LogP contribution in [0.15, 0.2) is 40.8 Å². The second kappa shape index (κ2) is 6.38. The number of likely N-dealkylation sites (N-methyl/N-ethyl adjacent to an activating group) is 1. The highest BCUT2D eigenvalue weighted by Crippen LogP contribution is 2.27. The van der Waals surface area contributed by atoms with E-state index in [2.05, 4.69) is 66.0 Å². The number of halogens is 1. The Labute approximate surface area is 122 Å². The molecule has 0 aliphatic rings. The van der Waals surface area contributed by atoms with Crippen molar-refractivity contribution in [3.63, 3.8) is 0 Å². The number of furan rings is 1. The third kappa shape index (κ3) is 3.36. The molecule has 0 aliphatic carbocycles. The van der Waals surface area contributed by atoms with Crippen molar-refractivity contribution < 1.29 is 4.42 Å². The molecule has 1 aromatic heterocycles. The molecule has 1 unspecified atom stereocenters. The fraction of sp³-hybridized carbons (Fsp3) is 0.333. The van der Waals surface area contributed by atoms with E-state index in [1.165, 1.54) is 9.13 Å². The molecule has 3 heteroatoms. The van der Waals surface area contributed by atoms with E-state index in [-0.39, 0.29) is 0 Å². The van der Waals surface area contributed by atoms with Gasteiger partial charge in [-0.15, -0.1) is 0 Å². The Morgan fingerprint density at radius 1 is 1.22 bits per heavy atom. The number of rotatable bonds is 5. The van der Waals surface area contributed by atoms with Gasteiger partial charge in [-0.1, -0.05) is 25.1 Å². The van der Waals surface area contributed by atoms with Crippen molar-refractivity contribution >= 4 is 22.6 Å². The first kappa shape index (κ1) is 13.6. The molecule has 1 N–H and O–H groups in total. The lowest BCUT2D eigenvalue weighted by molar-refractivity contribution is 0.470. The first-order valence-electron chi connectivity index (χ1n) is 6.27. The smallest absolute Gasteiger partial charge is 0.135 e. The zero-order valence-electron chi connectivity index (χ0n) is 10.7. The Balaban J connectivity index is 2.13. The summed E-state index contributed by atoms with van der Waals surface area (Å²) in [5.74, 6) is 2.00. The minimum Gasteiger partial charge on any atom is -0.461 e. The molecule has 0 saturated heterocycles. The maximum atomic E-state index is 5.92. The largest absolute Gasteiger partial charge is 0.461 e. The normalized spacial score (nSPS) is 12.6. The van der Waals surface area contributed by atoms with Gasteiger partial charge in [-0.3, -0.25) is 0 Å². The van der Waals surface area contributed by atoms with Crippen molar-refractivity contribution in [2.24, 2.45) is 0 Å². The molecule has 2 aromatic rings. The van der Waals surface area contributed by atoms with Gasteiger partial charge < -0.3 is 9.73 Å². The zero-order chi connectivity index (χ0) is 13.0. The predicted molar refractivity (Wildman–Crippen MR) is 83.7 cm³/mol. The lowest BCUT2D eigenvalue weighted by atomic mass is 10.2. The molecular formula is C15H18INO. The number of hydrogen-bond donors (Lipinski definition) is 1. The maximum Gasteiger partial charge on any atom is 0.135 e. The first-order chi connectivity index (χ1) is 8.70. The summed E-state index contributed by atoms with van der Waals surface area (Å²) in [6.45, 7) is 5.29. The molecule has 0 spiro atoms. The summed E-state index contributed by atoms with van der Waals surface area (Å²) in [5.41, 5.74) is 1.17. The van der Waals surface area contributed by atoms with E-state index >= 15 is 0 Å². The monoisotopic (exact) mass is 355 g/mol. The highest BCUT2D eigenvalue weighted by atomic mass is 127. The fourth-order valence-electron chi connectivity index (χ4n) is 2.02. The topological polar surface area (TPSA) is 25.2 Å². The van der Waals surface area contributed by atoms with Crippen LogP contribution in [-0.4, -0.2) is 12.6 Å². The Bertz CT molecular complexity index is 507. The van der Waals surface area contributed by atoms with E-state index in [4.69, 9.17) is 4.42 Å². The van der Waals surface area contributed by atoms with Crippen LogP contribution in [0.25, 0.3) is 11.3 Å². The lowest BCUT2D eigenvalue weighted by Crippen LogP contribution is -2.27. The Kier molecular flexibility index (Phi) is 4.83. The van der Waals surface area contributed by atoms with Crippen molar-refractivity contribution in [1.82, 2.24) is 5.32 Å². The highest BCUT2D eigenvalue weighted by molar-refractivity contribution is 14.1. The van der Waals surface area contributed by atoms with Gasteiger partial charge in [0.05, 0.1) is 0 Å². The van der Waals surface area contributed by atoms with Gasteiger partial charge in [-0.25, -0.2) is 0 Å². The molecule has 0 fully saturated rings. The Morgan fingerprint density at radius 3 is 2.72 bits per heavy atom. The highest BCUT2D eigenvalue weighted by Gasteiger charge is 2.09. The Morgan fingerprint density at radius 2 is 2.00 bits per heavy atom. The second-order valence-corrected chi connectivity index (χ2v) is 5.57. The molecule has 2 rings (SSSR count). The second-order valence-electron chi connectivity index (χ2n) is 4.41. The van der Waals surface area contributed by atoms with Crippen LogP contribution < -0.4 is 5.32 Å². The molecule has 0 radical (unpaired) electrons. The number of benzene rings is 1. The molecule has 1 aromatic carbocycles. The standard InChI is InChI=1S/C15H18INO/c1-3-17-11(2)10-12-8-9-15(18-12)13-6-4-5-7-14(13)16/h4-9,11,17H,3,10H2,1-2H3.